The van der Waals surface area contributed by atoms with E-state index in [2.05, 4.69) is 39.4 Å². The number of anilines is 1. The van der Waals surface area contributed by atoms with Gasteiger partial charge in [-0.1, -0.05) is 18.2 Å². The molecule has 2 heterocycles. The summed E-state index contributed by atoms with van der Waals surface area (Å²) in [5.74, 6) is 0.634. The normalized spacial score (nSPS) is 18.2. The molecule has 4 rings (SSSR count). The molecule has 3 aromatic rings. The van der Waals surface area contributed by atoms with Crippen LogP contribution in [0.3, 0.4) is 0 Å². The van der Waals surface area contributed by atoms with E-state index in [-0.39, 0.29) is 0 Å². The van der Waals surface area contributed by atoms with Gasteiger partial charge >= 0.3 is 0 Å². The average Bonchev–Trinajstić information content (AvgIpc) is 3.15. The minimum atomic E-state index is -3.25. The zero-order chi connectivity index (χ0) is 20.4. The summed E-state index contributed by atoms with van der Waals surface area (Å²) in [6.45, 7) is 3.00. The third-order valence-electron chi connectivity index (χ3n) is 5.81. The Labute approximate surface area is 172 Å². The van der Waals surface area contributed by atoms with E-state index in [0.717, 1.165) is 37.1 Å². The molecule has 0 unspecified atom stereocenters. The number of fused-ring (bicyclic) bond motifs is 1. The topological polar surface area (TPSA) is 69.3 Å². The van der Waals surface area contributed by atoms with Crippen LogP contribution in [0.1, 0.15) is 24.0 Å². The van der Waals surface area contributed by atoms with Crippen molar-refractivity contribution in [2.24, 2.45) is 5.92 Å². The van der Waals surface area contributed by atoms with Gasteiger partial charge in [-0.3, -0.25) is 14.3 Å². The highest BCUT2D eigenvalue weighted by Crippen LogP contribution is 2.25. The molecular formula is C22H28N4O2S. The first kappa shape index (κ1) is 19.9. The van der Waals surface area contributed by atoms with Gasteiger partial charge in [0.05, 0.1) is 23.7 Å². The van der Waals surface area contributed by atoms with Crippen LogP contribution in [0.4, 0.5) is 5.69 Å². The van der Waals surface area contributed by atoms with Crippen molar-refractivity contribution in [3.8, 4) is 0 Å². The molecule has 154 valence electrons. The first-order valence-electron chi connectivity index (χ1n) is 10.1. The third kappa shape index (κ3) is 4.79. The first-order chi connectivity index (χ1) is 13.9. The summed E-state index contributed by atoms with van der Waals surface area (Å²) < 4.78 is 25.0. The van der Waals surface area contributed by atoms with Crippen LogP contribution in [0.15, 0.2) is 48.7 Å². The van der Waals surface area contributed by atoms with E-state index >= 15 is 0 Å². The number of nitrogens with one attached hydrogen (secondary N) is 1. The maximum Gasteiger partial charge on any atom is 0.231 e. The van der Waals surface area contributed by atoms with Gasteiger partial charge in [0, 0.05) is 25.5 Å². The van der Waals surface area contributed by atoms with Crippen molar-refractivity contribution in [3.63, 3.8) is 0 Å². The lowest BCUT2D eigenvalue weighted by Crippen LogP contribution is -2.35. The third-order valence-corrected chi connectivity index (χ3v) is 7.02. The van der Waals surface area contributed by atoms with Crippen LogP contribution in [-0.4, -0.2) is 49.9 Å². The van der Waals surface area contributed by atoms with E-state index in [1.807, 2.05) is 24.4 Å². The molecule has 1 N–H and O–H groups in total. The molecule has 1 fully saturated rings. The molecule has 29 heavy (non-hydrogen) atoms. The predicted octanol–water partition coefficient (Wildman–Crippen LogP) is 3.41. The van der Waals surface area contributed by atoms with Crippen LogP contribution in [0.25, 0.3) is 10.9 Å². The molecule has 0 saturated carbocycles. The van der Waals surface area contributed by atoms with E-state index in [1.165, 1.54) is 34.4 Å². The van der Waals surface area contributed by atoms with Gasteiger partial charge in [0.1, 0.15) is 0 Å². The maximum atomic E-state index is 11.8. The summed E-state index contributed by atoms with van der Waals surface area (Å²) >= 11 is 0. The Morgan fingerprint density at radius 2 is 2.07 bits per heavy atom. The molecule has 0 radical (unpaired) electrons. The molecular weight excluding hydrogens is 384 g/mol. The van der Waals surface area contributed by atoms with Crippen LogP contribution in [0.2, 0.25) is 0 Å². The minimum absolute atomic E-state index is 0.634. The predicted molar refractivity (Wildman–Crippen MR) is 117 cm³/mol. The second-order valence-corrected chi connectivity index (χ2v) is 10.2. The molecule has 0 amide bonds. The lowest BCUT2D eigenvalue weighted by atomic mass is 9.90. The standard InChI is InChI=1S/C22H28N4O2S/c1-25(29(2,27)28)21-7-3-5-19(13-21)16-26-10-4-6-18(15-26)11-17-8-9-22-20(12-17)14-23-24-22/h3,5,7-9,12-14,18H,4,6,10-11,15-16H2,1-2H3,(H,23,24)/t18-/m1/s1. The first-order valence-corrected chi connectivity index (χ1v) is 11.9. The number of rotatable bonds is 6. The fourth-order valence-corrected chi connectivity index (χ4v) is 4.71. The molecule has 1 atom stereocenters. The van der Waals surface area contributed by atoms with Crippen LogP contribution in [-0.2, 0) is 23.0 Å². The SMILES string of the molecule is CN(c1cccc(CN2CCC[C@H](Cc3ccc4[nH]ncc4c3)C2)c1)S(C)(=O)=O. The fraction of sp³-hybridized carbons (Fsp3) is 0.409. The van der Waals surface area contributed by atoms with Gasteiger partial charge in [0.15, 0.2) is 0 Å². The Bertz CT molecular complexity index is 1090. The molecule has 0 aliphatic carbocycles. The molecule has 1 aromatic heterocycles. The molecule has 0 spiro atoms. The van der Waals surface area contributed by atoms with Gasteiger partial charge in [-0.2, -0.15) is 5.10 Å². The number of H-pyrrole nitrogens is 1. The quantitative estimate of drug-likeness (QED) is 0.674. The van der Waals surface area contributed by atoms with Crippen molar-refractivity contribution < 1.29 is 8.42 Å². The van der Waals surface area contributed by atoms with Gasteiger partial charge in [0.25, 0.3) is 0 Å². The summed E-state index contributed by atoms with van der Waals surface area (Å²) in [6.07, 6.45) is 6.63. The highest BCUT2D eigenvalue weighted by atomic mass is 32.2. The van der Waals surface area contributed by atoms with E-state index in [0.29, 0.717) is 11.6 Å². The largest absolute Gasteiger partial charge is 0.299 e. The van der Waals surface area contributed by atoms with E-state index < -0.39 is 10.0 Å². The van der Waals surface area contributed by atoms with Crippen molar-refractivity contribution in [1.82, 2.24) is 15.1 Å². The van der Waals surface area contributed by atoms with Gasteiger partial charge in [0.2, 0.25) is 10.0 Å². The average molecular weight is 413 g/mol. The fourth-order valence-electron chi connectivity index (χ4n) is 4.21. The zero-order valence-corrected chi connectivity index (χ0v) is 17.8. The maximum absolute atomic E-state index is 11.8. The number of piperidine rings is 1. The summed E-state index contributed by atoms with van der Waals surface area (Å²) in [5.41, 5.74) is 4.31. The molecule has 2 aromatic carbocycles. The minimum Gasteiger partial charge on any atom is -0.299 e. The number of likely N-dealkylation sites (tertiary alicyclic amines) is 1. The zero-order valence-electron chi connectivity index (χ0n) is 17.0. The van der Waals surface area contributed by atoms with Crippen molar-refractivity contribution in [2.75, 3.05) is 30.7 Å². The van der Waals surface area contributed by atoms with Gasteiger partial charge < -0.3 is 0 Å². The van der Waals surface area contributed by atoms with Crippen LogP contribution in [0.5, 0.6) is 0 Å². The van der Waals surface area contributed by atoms with Crippen LogP contribution < -0.4 is 4.31 Å². The number of aromatic amines is 1. The summed E-state index contributed by atoms with van der Waals surface area (Å²) in [5, 5.41) is 8.28. The molecule has 1 saturated heterocycles. The summed E-state index contributed by atoms with van der Waals surface area (Å²) in [6, 6.07) is 14.4. The van der Waals surface area contributed by atoms with E-state index in [1.54, 1.807) is 7.05 Å². The molecule has 1 aliphatic heterocycles. The van der Waals surface area contributed by atoms with Crippen LogP contribution in [0, 0.1) is 5.92 Å². The monoisotopic (exact) mass is 412 g/mol. The number of hydrogen-bond acceptors (Lipinski definition) is 4. The van der Waals surface area contributed by atoms with Crippen molar-refractivity contribution in [1.29, 1.82) is 0 Å². The highest BCUT2D eigenvalue weighted by Gasteiger charge is 2.21. The van der Waals surface area contributed by atoms with Gasteiger partial charge in [-0.05, 0) is 67.1 Å². The lowest BCUT2D eigenvalue weighted by Gasteiger charge is -2.33. The Kier molecular flexibility index (Phi) is 5.61. The number of aromatic nitrogens is 2. The summed E-state index contributed by atoms with van der Waals surface area (Å²) in [4.78, 5) is 2.49. The molecule has 1 aliphatic rings. The second kappa shape index (κ2) is 8.16. The smallest absolute Gasteiger partial charge is 0.231 e. The Balaban J connectivity index is 1.41. The van der Waals surface area contributed by atoms with Crippen molar-refractivity contribution in [3.05, 3.63) is 59.8 Å². The van der Waals surface area contributed by atoms with Crippen LogP contribution >= 0.6 is 0 Å². The Morgan fingerprint density at radius 1 is 1.21 bits per heavy atom. The van der Waals surface area contributed by atoms with Crippen molar-refractivity contribution >= 4 is 26.6 Å². The van der Waals surface area contributed by atoms with Crippen molar-refractivity contribution in [2.45, 2.75) is 25.8 Å². The molecule has 0 bridgehead atoms. The Morgan fingerprint density at radius 3 is 2.90 bits per heavy atom. The number of hydrogen-bond donors (Lipinski definition) is 1. The lowest BCUT2D eigenvalue weighted by molar-refractivity contribution is 0.167. The molecule has 7 heteroatoms. The van der Waals surface area contributed by atoms with Gasteiger partial charge in [-0.25, -0.2) is 8.42 Å². The van der Waals surface area contributed by atoms with Gasteiger partial charge in [-0.15, -0.1) is 0 Å². The second-order valence-electron chi connectivity index (χ2n) is 8.14. The number of nitrogens with zero attached hydrogens (tertiary/aromatic N) is 3. The molecule has 6 nitrogen and oxygen atoms in total. The number of sulfonamides is 1. The van der Waals surface area contributed by atoms with E-state index in [4.69, 9.17) is 0 Å². The van der Waals surface area contributed by atoms with E-state index in [9.17, 15) is 8.42 Å². The highest BCUT2D eigenvalue weighted by molar-refractivity contribution is 7.92. The summed E-state index contributed by atoms with van der Waals surface area (Å²) in [7, 11) is -1.65. The number of benzene rings is 2. The Hall–Kier alpha value is -2.38.